The summed E-state index contributed by atoms with van der Waals surface area (Å²) < 4.78 is 11.3. The molecular weight excluding hydrogens is 408 g/mol. The molecule has 1 saturated heterocycles. The highest BCUT2D eigenvalue weighted by Crippen LogP contribution is 2.40. The molecule has 1 N–H and O–H groups in total. The van der Waals surface area contributed by atoms with E-state index in [0.29, 0.717) is 30.7 Å². The van der Waals surface area contributed by atoms with Gasteiger partial charge in [0.25, 0.3) is 11.7 Å². The van der Waals surface area contributed by atoms with Gasteiger partial charge in [0.15, 0.2) is 0 Å². The van der Waals surface area contributed by atoms with Crippen LogP contribution in [0.1, 0.15) is 49.9 Å². The molecule has 0 spiro atoms. The van der Waals surface area contributed by atoms with Gasteiger partial charge in [-0.2, -0.15) is 0 Å². The number of carbonyl (C=O) groups is 2. The second-order valence-electron chi connectivity index (χ2n) is 8.51. The largest absolute Gasteiger partial charge is 0.507 e. The molecule has 1 amide bonds. The van der Waals surface area contributed by atoms with E-state index < -0.39 is 17.7 Å². The number of aromatic nitrogens is 1. The highest BCUT2D eigenvalue weighted by molar-refractivity contribution is 6.46. The number of Topliss-reactive ketones (excluding diaryl/α,β-unsaturated/α-hetero) is 1. The topological polar surface area (TPSA) is 89.0 Å². The zero-order chi connectivity index (χ0) is 22.8. The van der Waals surface area contributed by atoms with Gasteiger partial charge < -0.3 is 19.5 Å². The number of hydrogen-bond acceptors (Lipinski definition) is 6. The maximum absolute atomic E-state index is 13.1. The Labute approximate surface area is 187 Å². The van der Waals surface area contributed by atoms with Gasteiger partial charge in [0, 0.05) is 37.5 Å². The monoisotopic (exact) mass is 436 g/mol. The Balaban J connectivity index is 1.71. The first-order valence-electron chi connectivity index (χ1n) is 11.0. The van der Waals surface area contributed by atoms with Gasteiger partial charge in [-0.1, -0.05) is 6.07 Å². The second-order valence-corrected chi connectivity index (χ2v) is 8.51. The molecule has 7 heteroatoms. The van der Waals surface area contributed by atoms with Crippen LogP contribution in [0, 0.1) is 0 Å². The number of aliphatic hydroxyl groups excluding tert-OH is 1. The Morgan fingerprint density at radius 1 is 1.31 bits per heavy atom. The Kier molecular flexibility index (Phi) is 6.28. The van der Waals surface area contributed by atoms with Crippen molar-refractivity contribution in [1.82, 2.24) is 9.88 Å². The van der Waals surface area contributed by atoms with Crippen molar-refractivity contribution in [2.45, 2.75) is 51.9 Å². The lowest BCUT2D eigenvalue weighted by Crippen LogP contribution is -2.31. The van der Waals surface area contributed by atoms with Gasteiger partial charge in [-0.05, 0) is 62.6 Å². The van der Waals surface area contributed by atoms with E-state index in [4.69, 9.17) is 9.47 Å². The van der Waals surface area contributed by atoms with Crippen LogP contribution in [-0.2, 0) is 20.7 Å². The van der Waals surface area contributed by atoms with E-state index in [1.807, 2.05) is 32.9 Å². The molecular formula is C25H28N2O5. The summed E-state index contributed by atoms with van der Waals surface area (Å²) in [5.41, 5.74) is 2.23. The number of rotatable bonds is 7. The van der Waals surface area contributed by atoms with Crippen LogP contribution in [0.3, 0.4) is 0 Å². The van der Waals surface area contributed by atoms with Gasteiger partial charge in [-0.3, -0.25) is 14.6 Å². The number of likely N-dealkylation sites (tertiary alicyclic amines) is 1. The Bertz CT molecular complexity index is 1050. The fourth-order valence-electron chi connectivity index (χ4n) is 4.27. The van der Waals surface area contributed by atoms with Crippen LogP contribution < -0.4 is 4.74 Å². The lowest BCUT2D eigenvalue weighted by Gasteiger charge is -2.25. The van der Waals surface area contributed by atoms with Crippen molar-refractivity contribution < 1.29 is 24.2 Å². The predicted octanol–water partition coefficient (Wildman–Crippen LogP) is 3.64. The molecule has 0 aliphatic carbocycles. The maximum atomic E-state index is 13.1. The summed E-state index contributed by atoms with van der Waals surface area (Å²) in [6, 6.07) is 8.21. The summed E-state index contributed by atoms with van der Waals surface area (Å²) in [4.78, 5) is 31.7. The summed E-state index contributed by atoms with van der Waals surface area (Å²) in [7, 11) is 0. The van der Waals surface area contributed by atoms with Crippen LogP contribution in [0.15, 0.2) is 48.3 Å². The molecule has 0 radical (unpaired) electrons. The molecule has 4 rings (SSSR count). The van der Waals surface area contributed by atoms with Crippen LogP contribution >= 0.6 is 0 Å². The number of aliphatic hydroxyl groups is 1. The zero-order valence-electron chi connectivity index (χ0n) is 18.6. The molecule has 0 saturated carbocycles. The van der Waals surface area contributed by atoms with Gasteiger partial charge in [0.2, 0.25) is 0 Å². The first kappa shape index (κ1) is 22.0. The van der Waals surface area contributed by atoms with Crippen LogP contribution in [0.25, 0.3) is 5.76 Å². The Morgan fingerprint density at radius 3 is 2.84 bits per heavy atom. The average Bonchev–Trinajstić information content (AvgIpc) is 3.27. The number of ether oxygens (including phenoxy) is 2. The average molecular weight is 437 g/mol. The standard InChI is InChI=1S/C25H28N2O5/c1-15(2)31-11-5-10-27-22(18-6-4-9-26-14-18)21(24(29)25(27)30)23(28)17-7-8-20-19(13-17)12-16(3)32-20/h4,6-9,13-16,22,28H,5,10-12H2,1-3H3/b23-21-. The van der Waals surface area contributed by atoms with Crippen LogP contribution in [0.2, 0.25) is 0 Å². The quantitative estimate of drug-likeness (QED) is 0.309. The summed E-state index contributed by atoms with van der Waals surface area (Å²) in [6.45, 7) is 6.69. The van der Waals surface area contributed by atoms with Gasteiger partial charge in [-0.25, -0.2) is 0 Å². The molecule has 168 valence electrons. The van der Waals surface area contributed by atoms with Gasteiger partial charge in [-0.15, -0.1) is 0 Å². The molecule has 7 nitrogen and oxygen atoms in total. The molecule has 1 fully saturated rings. The van der Waals surface area contributed by atoms with Crippen LogP contribution in [0.5, 0.6) is 5.75 Å². The number of carbonyl (C=O) groups excluding carboxylic acids is 2. The number of amides is 1. The Morgan fingerprint density at radius 2 is 2.12 bits per heavy atom. The van der Waals surface area contributed by atoms with E-state index >= 15 is 0 Å². The Hall–Kier alpha value is -3.19. The van der Waals surface area contributed by atoms with Gasteiger partial charge in [0.1, 0.15) is 17.6 Å². The highest BCUT2D eigenvalue weighted by atomic mass is 16.5. The SMILES string of the molecule is CC(C)OCCCN1C(=O)C(=O)/C(=C(\O)c2ccc3c(c2)CC(C)O3)C1c1cccnc1. The molecule has 32 heavy (non-hydrogen) atoms. The molecule has 2 unspecified atom stereocenters. The maximum Gasteiger partial charge on any atom is 0.295 e. The summed E-state index contributed by atoms with van der Waals surface area (Å²) in [6.07, 6.45) is 4.72. The zero-order valence-corrected chi connectivity index (χ0v) is 18.6. The number of nitrogens with zero attached hydrogens (tertiary/aromatic N) is 2. The molecule has 2 aliphatic rings. The molecule has 3 heterocycles. The highest BCUT2D eigenvalue weighted by Gasteiger charge is 2.46. The van der Waals surface area contributed by atoms with E-state index in [0.717, 1.165) is 17.7 Å². The van der Waals surface area contributed by atoms with Gasteiger partial charge in [0.05, 0.1) is 17.7 Å². The van der Waals surface area contributed by atoms with E-state index in [2.05, 4.69) is 4.98 Å². The number of fused-ring (bicyclic) bond motifs is 1. The minimum atomic E-state index is -0.703. The molecule has 1 aromatic carbocycles. The van der Waals surface area contributed by atoms with Crippen molar-refractivity contribution in [3.05, 3.63) is 65.0 Å². The lowest BCUT2D eigenvalue weighted by atomic mass is 9.95. The number of ketones is 1. The van der Waals surface area contributed by atoms with Crippen molar-refractivity contribution in [2.24, 2.45) is 0 Å². The van der Waals surface area contributed by atoms with E-state index in [9.17, 15) is 14.7 Å². The summed E-state index contributed by atoms with van der Waals surface area (Å²) in [5.74, 6) is -0.710. The van der Waals surface area contributed by atoms with Crippen molar-refractivity contribution >= 4 is 17.4 Å². The number of pyridine rings is 1. The fourth-order valence-corrected chi connectivity index (χ4v) is 4.27. The van der Waals surface area contributed by atoms with Crippen molar-refractivity contribution in [3.63, 3.8) is 0 Å². The molecule has 0 bridgehead atoms. The van der Waals surface area contributed by atoms with Crippen molar-refractivity contribution in [2.75, 3.05) is 13.2 Å². The predicted molar refractivity (Wildman–Crippen MR) is 119 cm³/mol. The van der Waals surface area contributed by atoms with E-state index in [1.165, 1.54) is 4.90 Å². The molecule has 2 atom stereocenters. The molecule has 2 aliphatic heterocycles. The minimum Gasteiger partial charge on any atom is -0.507 e. The van der Waals surface area contributed by atoms with E-state index in [1.54, 1.807) is 30.6 Å². The third-order valence-corrected chi connectivity index (χ3v) is 5.70. The third-order valence-electron chi connectivity index (χ3n) is 5.70. The first-order chi connectivity index (χ1) is 15.4. The van der Waals surface area contributed by atoms with Crippen LogP contribution in [-0.4, -0.2) is 52.0 Å². The molecule has 2 aromatic rings. The number of hydrogen-bond donors (Lipinski definition) is 1. The number of benzene rings is 1. The minimum absolute atomic E-state index is 0.0661. The van der Waals surface area contributed by atoms with Crippen molar-refractivity contribution in [1.29, 1.82) is 0 Å². The van der Waals surface area contributed by atoms with Crippen molar-refractivity contribution in [3.8, 4) is 5.75 Å². The van der Waals surface area contributed by atoms with Crippen LogP contribution in [0.4, 0.5) is 0 Å². The summed E-state index contributed by atoms with van der Waals surface area (Å²) in [5, 5.41) is 11.2. The van der Waals surface area contributed by atoms with E-state index in [-0.39, 0.29) is 23.5 Å². The van der Waals surface area contributed by atoms with Gasteiger partial charge >= 0.3 is 0 Å². The lowest BCUT2D eigenvalue weighted by molar-refractivity contribution is -0.140. The first-order valence-corrected chi connectivity index (χ1v) is 11.0. The third kappa shape index (κ3) is 4.25. The fraction of sp³-hybridized carbons (Fsp3) is 0.400. The molecule has 1 aromatic heterocycles. The summed E-state index contributed by atoms with van der Waals surface area (Å²) >= 11 is 0. The second kappa shape index (κ2) is 9.12. The smallest absolute Gasteiger partial charge is 0.295 e. The normalized spacial score (nSPS) is 21.8.